The number of nitrogens with one attached hydrogen (secondary N) is 1. The van der Waals surface area contributed by atoms with Gasteiger partial charge in [0.15, 0.2) is 0 Å². The molecule has 1 fully saturated rings. The number of amides is 1. The minimum atomic E-state index is -0.294. The van der Waals surface area contributed by atoms with Gasteiger partial charge in [0.25, 0.3) is 5.91 Å². The van der Waals surface area contributed by atoms with E-state index >= 15 is 0 Å². The zero-order chi connectivity index (χ0) is 15.7. The van der Waals surface area contributed by atoms with Gasteiger partial charge in [-0.15, -0.1) is 12.4 Å². The van der Waals surface area contributed by atoms with Gasteiger partial charge in [0.2, 0.25) is 0 Å². The lowest BCUT2D eigenvalue weighted by atomic mass is 10.0. The number of hydrogen-bond donors (Lipinski definition) is 1. The van der Waals surface area contributed by atoms with E-state index < -0.39 is 0 Å². The Morgan fingerprint density at radius 2 is 2.17 bits per heavy atom. The van der Waals surface area contributed by atoms with Crippen LogP contribution in [0, 0.1) is 5.82 Å². The van der Waals surface area contributed by atoms with Crippen LogP contribution in [0.1, 0.15) is 22.1 Å². The van der Waals surface area contributed by atoms with Gasteiger partial charge in [-0.1, -0.05) is 23.7 Å². The summed E-state index contributed by atoms with van der Waals surface area (Å²) in [6.07, 6.45) is 1.70. The van der Waals surface area contributed by atoms with Crippen molar-refractivity contribution in [2.75, 3.05) is 19.6 Å². The van der Waals surface area contributed by atoms with Crippen molar-refractivity contribution in [3.63, 3.8) is 0 Å². The Morgan fingerprint density at radius 3 is 2.83 bits per heavy atom. The minimum absolute atomic E-state index is 0. The molecule has 1 N–H and O–H groups in total. The number of piperazine rings is 1. The molecule has 1 amide bonds. The van der Waals surface area contributed by atoms with Crippen molar-refractivity contribution in [2.45, 2.75) is 6.04 Å². The minimum Gasteiger partial charge on any atom is -0.345 e. The predicted molar refractivity (Wildman–Crippen MR) is 90.7 cm³/mol. The monoisotopic (exact) mass is 357 g/mol. The van der Waals surface area contributed by atoms with Crippen LogP contribution in [-0.2, 0) is 7.05 Å². The van der Waals surface area contributed by atoms with E-state index in [1.165, 1.54) is 12.1 Å². The van der Waals surface area contributed by atoms with Crippen molar-refractivity contribution in [1.82, 2.24) is 14.8 Å². The lowest BCUT2D eigenvalue weighted by Gasteiger charge is -2.36. The number of rotatable bonds is 2. The number of aryl methyl sites for hydroxylation is 1. The first kappa shape index (κ1) is 17.8. The SMILES string of the molecule is Cl.Cn1cc(Cl)cc1C(=O)N1CCNCC1c1cccc(F)c1. The number of nitrogens with zero attached hydrogens (tertiary/aromatic N) is 2. The summed E-state index contributed by atoms with van der Waals surface area (Å²) in [6, 6.07) is 7.87. The summed E-state index contributed by atoms with van der Waals surface area (Å²) in [7, 11) is 1.79. The Hall–Kier alpha value is -1.56. The number of aromatic nitrogens is 1. The predicted octanol–water partition coefficient (Wildman–Crippen LogP) is 3.03. The highest BCUT2D eigenvalue weighted by Crippen LogP contribution is 2.25. The Labute approximate surface area is 145 Å². The first-order valence-electron chi connectivity index (χ1n) is 7.15. The van der Waals surface area contributed by atoms with E-state index in [0.717, 1.165) is 12.1 Å². The van der Waals surface area contributed by atoms with Gasteiger partial charge >= 0.3 is 0 Å². The third-order valence-electron chi connectivity index (χ3n) is 3.93. The van der Waals surface area contributed by atoms with Gasteiger partial charge in [-0.2, -0.15) is 0 Å². The maximum atomic E-state index is 13.5. The quantitative estimate of drug-likeness (QED) is 0.896. The van der Waals surface area contributed by atoms with Crippen molar-refractivity contribution < 1.29 is 9.18 Å². The normalized spacial score (nSPS) is 17.7. The second-order valence-corrected chi connectivity index (χ2v) is 5.86. The van der Waals surface area contributed by atoms with E-state index in [1.54, 1.807) is 34.8 Å². The molecule has 7 heteroatoms. The molecule has 1 saturated heterocycles. The summed E-state index contributed by atoms with van der Waals surface area (Å²) in [6.45, 7) is 1.89. The van der Waals surface area contributed by atoms with Crippen LogP contribution in [0.4, 0.5) is 4.39 Å². The molecule has 2 heterocycles. The molecule has 0 bridgehead atoms. The molecule has 3 rings (SSSR count). The number of halogens is 3. The summed E-state index contributed by atoms with van der Waals surface area (Å²) in [4.78, 5) is 14.6. The molecular formula is C16H18Cl2FN3O. The van der Waals surface area contributed by atoms with Crippen LogP contribution in [0.15, 0.2) is 36.5 Å². The molecule has 0 spiro atoms. The van der Waals surface area contributed by atoms with E-state index in [9.17, 15) is 9.18 Å². The van der Waals surface area contributed by atoms with Crippen LogP contribution >= 0.6 is 24.0 Å². The molecular weight excluding hydrogens is 340 g/mol. The fourth-order valence-electron chi connectivity index (χ4n) is 2.84. The molecule has 2 aromatic rings. The lowest BCUT2D eigenvalue weighted by molar-refractivity contribution is 0.0624. The van der Waals surface area contributed by atoms with Crippen LogP contribution in [0.2, 0.25) is 5.02 Å². The van der Waals surface area contributed by atoms with Crippen LogP contribution in [0.25, 0.3) is 0 Å². The van der Waals surface area contributed by atoms with Crippen LogP contribution in [0.5, 0.6) is 0 Å². The average molecular weight is 358 g/mol. The highest BCUT2D eigenvalue weighted by atomic mass is 35.5. The molecule has 1 aliphatic heterocycles. The van der Waals surface area contributed by atoms with Crippen LogP contribution in [0.3, 0.4) is 0 Å². The van der Waals surface area contributed by atoms with Crippen molar-refractivity contribution in [3.05, 3.63) is 58.6 Å². The van der Waals surface area contributed by atoms with Crippen LogP contribution in [-0.4, -0.2) is 35.0 Å². The fraction of sp³-hybridized carbons (Fsp3) is 0.312. The van der Waals surface area contributed by atoms with E-state index in [0.29, 0.717) is 23.8 Å². The lowest BCUT2D eigenvalue weighted by Crippen LogP contribution is -2.49. The van der Waals surface area contributed by atoms with E-state index in [-0.39, 0.29) is 30.2 Å². The van der Waals surface area contributed by atoms with E-state index in [1.807, 2.05) is 6.07 Å². The first-order chi connectivity index (χ1) is 10.6. The summed E-state index contributed by atoms with van der Waals surface area (Å²) in [5.74, 6) is -0.387. The summed E-state index contributed by atoms with van der Waals surface area (Å²) < 4.78 is 15.2. The van der Waals surface area contributed by atoms with Crippen molar-refractivity contribution in [3.8, 4) is 0 Å². The van der Waals surface area contributed by atoms with Gasteiger partial charge < -0.3 is 14.8 Å². The van der Waals surface area contributed by atoms with Gasteiger partial charge in [-0.05, 0) is 23.8 Å². The molecule has 1 atom stereocenters. The Morgan fingerprint density at radius 1 is 1.39 bits per heavy atom. The summed E-state index contributed by atoms with van der Waals surface area (Å²) in [5, 5.41) is 3.79. The van der Waals surface area contributed by atoms with Gasteiger partial charge in [-0.3, -0.25) is 4.79 Å². The molecule has 23 heavy (non-hydrogen) atoms. The number of carbonyl (C=O) groups is 1. The van der Waals surface area contributed by atoms with E-state index in [4.69, 9.17) is 11.6 Å². The van der Waals surface area contributed by atoms with Crippen molar-refractivity contribution >= 4 is 29.9 Å². The molecule has 0 radical (unpaired) electrons. The smallest absolute Gasteiger partial charge is 0.271 e. The fourth-order valence-corrected chi connectivity index (χ4v) is 3.09. The molecule has 1 aromatic heterocycles. The van der Waals surface area contributed by atoms with Gasteiger partial charge in [0, 0.05) is 32.9 Å². The number of hydrogen-bond acceptors (Lipinski definition) is 2. The second kappa shape index (κ2) is 7.34. The molecule has 0 aliphatic carbocycles. The highest BCUT2D eigenvalue weighted by molar-refractivity contribution is 6.31. The molecule has 1 aromatic carbocycles. The number of benzene rings is 1. The van der Waals surface area contributed by atoms with Crippen molar-refractivity contribution in [1.29, 1.82) is 0 Å². The maximum Gasteiger partial charge on any atom is 0.271 e. The largest absolute Gasteiger partial charge is 0.345 e. The molecule has 4 nitrogen and oxygen atoms in total. The van der Waals surface area contributed by atoms with Gasteiger partial charge in [-0.25, -0.2) is 4.39 Å². The summed E-state index contributed by atoms with van der Waals surface area (Å²) >= 11 is 5.97. The summed E-state index contributed by atoms with van der Waals surface area (Å²) in [5.41, 5.74) is 1.33. The third kappa shape index (κ3) is 3.68. The average Bonchev–Trinajstić information content (AvgIpc) is 2.85. The van der Waals surface area contributed by atoms with Crippen molar-refractivity contribution in [2.24, 2.45) is 7.05 Å². The zero-order valence-corrected chi connectivity index (χ0v) is 14.2. The zero-order valence-electron chi connectivity index (χ0n) is 12.6. The molecule has 124 valence electrons. The Balaban J connectivity index is 0.00000192. The molecule has 1 aliphatic rings. The standard InChI is InChI=1S/C16H17ClFN3O.ClH/c1-20-10-12(17)8-14(20)16(22)21-6-5-19-9-15(21)11-3-2-4-13(18)7-11;/h2-4,7-8,10,15,19H,5-6,9H2,1H3;1H. The third-order valence-corrected chi connectivity index (χ3v) is 4.14. The Kier molecular flexibility index (Phi) is 5.68. The Bertz CT molecular complexity index is 704. The first-order valence-corrected chi connectivity index (χ1v) is 7.53. The molecule has 0 saturated carbocycles. The van der Waals surface area contributed by atoms with Gasteiger partial charge in [0.1, 0.15) is 11.5 Å². The highest BCUT2D eigenvalue weighted by Gasteiger charge is 2.30. The van der Waals surface area contributed by atoms with Crippen LogP contribution < -0.4 is 5.32 Å². The van der Waals surface area contributed by atoms with E-state index in [2.05, 4.69) is 5.32 Å². The van der Waals surface area contributed by atoms with Gasteiger partial charge in [0.05, 0.1) is 11.1 Å². The number of carbonyl (C=O) groups excluding carboxylic acids is 1. The second-order valence-electron chi connectivity index (χ2n) is 5.43. The maximum absolute atomic E-state index is 13.5. The topological polar surface area (TPSA) is 37.3 Å². The molecule has 1 unspecified atom stereocenters.